The van der Waals surface area contributed by atoms with Gasteiger partial charge in [-0.2, -0.15) is 0 Å². The van der Waals surface area contributed by atoms with Gasteiger partial charge in [0.05, 0.1) is 24.9 Å². The molecule has 0 spiro atoms. The molecule has 0 amide bonds. The maximum absolute atomic E-state index is 14.2. The van der Waals surface area contributed by atoms with Crippen molar-refractivity contribution in [3.63, 3.8) is 0 Å². The summed E-state index contributed by atoms with van der Waals surface area (Å²) in [4.78, 5) is 23.5. The number of anilines is 1. The number of hydrogen-bond donors (Lipinski definition) is 1. The molecule has 1 atom stereocenters. The molecule has 3 rings (SSSR count). The second-order valence-corrected chi connectivity index (χ2v) is 6.71. The first-order valence-electron chi connectivity index (χ1n) is 8.79. The number of carboxylic acids is 1. The fraction of sp³-hybridized carbons (Fsp3) is 0.421. The molecule has 0 saturated carbocycles. The summed E-state index contributed by atoms with van der Waals surface area (Å²) in [5, 5.41) is 8.89. The van der Waals surface area contributed by atoms with Gasteiger partial charge in [0.1, 0.15) is 5.82 Å². The number of morpholine rings is 1. The van der Waals surface area contributed by atoms with Crippen LogP contribution in [0.3, 0.4) is 0 Å². The third-order valence-corrected chi connectivity index (χ3v) is 4.43. The number of rotatable bonds is 6. The average molecular weight is 374 g/mol. The van der Waals surface area contributed by atoms with Crippen molar-refractivity contribution in [2.45, 2.75) is 13.0 Å². The summed E-state index contributed by atoms with van der Waals surface area (Å²) in [6, 6.07) is 6.55. The summed E-state index contributed by atoms with van der Waals surface area (Å²) >= 11 is 0. The summed E-state index contributed by atoms with van der Waals surface area (Å²) in [5.41, 5.74) is 1.82. The second kappa shape index (κ2) is 8.41. The highest BCUT2D eigenvalue weighted by molar-refractivity contribution is 5.69. The van der Waals surface area contributed by atoms with Gasteiger partial charge >= 0.3 is 5.97 Å². The van der Waals surface area contributed by atoms with Crippen LogP contribution in [0.15, 0.2) is 30.5 Å². The number of aliphatic carboxylic acids is 1. The Bertz CT molecular complexity index is 817. The summed E-state index contributed by atoms with van der Waals surface area (Å²) < 4.78 is 19.9. The van der Waals surface area contributed by atoms with Gasteiger partial charge in [0.2, 0.25) is 5.95 Å². The molecule has 1 fully saturated rings. The molecule has 144 valence electrons. The third kappa shape index (κ3) is 4.78. The molecule has 1 saturated heterocycles. The van der Waals surface area contributed by atoms with E-state index in [9.17, 15) is 9.18 Å². The number of hydrogen-bond acceptors (Lipinski definition) is 6. The molecule has 27 heavy (non-hydrogen) atoms. The highest BCUT2D eigenvalue weighted by Crippen LogP contribution is 2.26. The fourth-order valence-electron chi connectivity index (χ4n) is 3.17. The molecule has 0 bridgehead atoms. The van der Waals surface area contributed by atoms with Crippen LogP contribution in [-0.2, 0) is 9.53 Å². The predicted molar refractivity (Wildman–Crippen MR) is 99.2 cm³/mol. The molecule has 1 aromatic carbocycles. The number of benzene rings is 1. The average Bonchev–Trinajstić information content (AvgIpc) is 2.62. The van der Waals surface area contributed by atoms with E-state index in [1.54, 1.807) is 36.3 Å². The van der Waals surface area contributed by atoms with Crippen molar-refractivity contribution in [3.05, 3.63) is 41.8 Å². The highest BCUT2D eigenvalue weighted by atomic mass is 19.1. The van der Waals surface area contributed by atoms with E-state index >= 15 is 0 Å². The molecule has 8 heteroatoms. The maximum Gasteiger partial charge on any atom is 0.317 e. The quantitative estimate of drug-likeness (QED) is 0.826. The van der Waals surface area contributed by atoms with Gasteiger partial charge in [-0.05, 0) is 31.7 Å². The minimum Gasteiger partial charge on any atom is -0.480 e. The topological polar surface area (TPSA) is 78.8 Å². The molecule has 1 N–H and O–H groups in total. The molecule has 2 aromatic rings. The summed E-state index contributed by atoms with van der Waals surface area (Å²) in [6.45, 7) is 3.97. The van der Waals surface area contributed by atoms with E-state index in [0.717, 1.165) is 5.56 Å². The van der Waals surface area contributed by atoms with Crippen LogP contribution >= 0.6 is 0 Å². The Hall–Kier alpha value is -2.58. The van der Waals surface area contributed by atoms with Crippen LogP contribution < -0.4 is 4.90 Å². The molecule has 0 aliphatic carbocycles. The molecule has 1 aromatic heterocycles. The van der Waals surface area contributed by atoms with E-state index in [2.05, 4.69) is 9.97 Å². The Labute approximate surface area is 157 Å². The van der Waals surface area contributed by atoms with Gasteiger partial charge in [-0.1, -0.05) is 12.1 Å². The number of likely N-dealkylation sites (N-methyl/N-ethyl adjacent to an activating group) is 1. The number of carbonyl (C=O) groups is 1. The molecule has 1 aliphatic heterocycles. The lowest BCUT2D eigenvalue weighted by Gasteiger charge is -2.34. The zero-order valence-corrected chi connectivity index (χ0v) is 15.4. The number of ether oxygens (including phenoxy) is 1. The van der Waals surface area contributed by atoms with Gasteiger partial charge in [0.15, 0.2) is 0 Å². The van der Waals surface area contributed by atoms with Gasteiger partial charge in [-0.25, -0.2) is 14.4 Å². The van der Waals surface area contributed by atoms with Gasteiger partial charge in [0, 0.05) is 31.4 Å². The predicted octanol–water partition coefficient (Wildman–Crippen LogP) is 1.81. The number of aryl methyl sites for hydroxylation is 1. The van der Waals surface area contributed by atoms with Crippen LogP contribution in [0.4, 0.5) is 10.3 Å². The SMILES string of the molecule is Cc1cnc(N2CCOC(CN(C)CC(=O)O)C2)nc1-c1ccccc1F. The zero-order valence-electron chi connectivity index (χ0n) is 15.4. The van der Waals surface area contributed by atoms with E-state index in [-0.39, 0.29) is 18.5 Å². The fourth-order valence-corrected chi connectivity index (χ4v) is 3.17. The number of halogens is 1. The number of aromatic nitrogens is 2. The highest BCUT2D eigenvalue weighted by Gasteiger charge is 2.25. The molecule has 7 nitrogen and oxygen atoms in total. The van der Waals surface area contributed by atoms with Crippen molar-refractivity contribution in [1.82, 2.24) is 14.9 Å². The third-order valence-electron chi connectivity index (χ3n) is 4.43. The summed E-state index contributed by atoms with van der Waals surface area (Å²) in [5.74, 6) is -0.671. The van der Waals surface area contributed by atoms with Gasteiger partial charge in [-0.15, -0.1) is 0 Å². The normalized spacial score (nSPS) is 17.3. The zero-order chi connectivity index (χ0) is 19.4. The van der Waals surface area contributed by atoms with Crippen LogP contribution in [0.5, 0.6) is 0 Å². The van der Waals surface area contributed by atoms with Crippen molar-refractivity contribution >= 4 is 11.9 Å². The van der Waals surface area contributed by atoms with Gasteiger partial charge in [-0.3, -0.25) is 9.69 Å². The smallest absolute Gasteiger partial charge is 0.317 e. The Morgan fingerprint density at radius 1 is 1.44 bits per heavy atom. The lowest BCUT2D eigenvalue weighted by Crippen LogP contribution is -2.48. The van der Waals surface area contributed by atoms with E-state index in [1.165, 1.54) is 6.07 Å². The molecule has 2 heterocycles. The van der Waals surface area contributed by atoms with E-state index in [0.29, 0.717) is 43.4 Å². The van der Waals surface area contributed by atoms with Crippen LogP contribution in [0.2, 0.25) is 0 Å². The Morgan fingerprint density at radius 2 is 2.22 bits per heavy atom. The van der Waals surface area contributed by atoms with Crippen LogP contribution in [-0.4, -0.2) is 71.9 Å². The number of carboxylic acid groups (broad SMARTS) is 1. The first-order valence-corrected chi connectivity index (χ1v) is 8.79. The van der Waals surface area contributed by atoms with Gasteiger partial charge < -0.3 is 14.7 Å². The standard InChI is InChI=1S/C19H23FN4O3/c1-13-9-21-19(22-18(13)15-5-3-4-6-16(15)20)24-7-8-27-14(11-24)10-23(2)12-17(25)26/h3-6,9,14H,7-8,10-12H2,1-2H3,(H,25,26). The van der Waals surface area contributed by atoms with Crippen molar-refractivity contribution < 1.29 is 19.0 Å². The van der Waals surface area contributed by atoms with Crippen LogP contribution in [0.1, 0.15) is 5.56 Å². The van der Waals surface area contributed by atoms with Crippen molar-refractivity contribution in [2.75, 3.05) is 44.7 Å². The monoisotopic (exact) mass is 374 g/mol. The van der Waals surface area contributed by atoms with Crippen LogP contribution in [0.25, 0.3) is 11.3 Å². The van der Waals surface area contributed by atoms with Crippen LogP contribution in [0, 0.1) is 12.7 Å². The summed E-state index contributed by atoms with van der Waals surface area (Å²) in [6.07, 6.45) is 1.55. The molecular formula is C19H23FN4O3. The minimum atomic E-state index is -0.874. The lowest BCUT2D eigenvalue weighted by molar-refractivity contribution is -0.138. The first-order chi connectivity index (χ1) is 12.9. The lowest BCUT2D eigenvalue weighted by atomic mass is 10.1. The maximum atomic E-state index is 14.2. The minimum absolute atomic E-state index is 0.0433. The molecule has 1 aliphatic rings. The van der Waals surface area contributed by atoms with Crippen molar-refractivity contribution in [3.8, 4) is 11.3 Å². The Balaban J connectivity index is 1.77. The van der Waals surface area contributed by atoms with Crippen molar-refractivity contribution in [2.24, 2.45) is 0 Å². The van der Waals surface area contributed by atoms with Gasteiger partial charge in [0.25, 0.3) is 0 Å². The molecule has 1 unspecified atom stereocenters. The largest absolute Gasteiger partial charge is 0.480 e. The van der Waals surface area contributed by atoms with E-state index in [1.807, 2.05) is 11.8 Å². The van der Waals surface area contributed by atoms with E-state index in [4.69, 9.17) is 9.84 Å². The molecule has 0 radical (unpaired) electrons. The molecular weight excluding hydrogens is 351 g/mol. The Morgan fingerprint density at radius 3 is 2.96 bits per heavy atom. The van der Waals surface area contributed by atoms with E-state index < -0.39 is 5.97 Å². The summed E-state index contributed by atoms with van der Waals surface area (Å²) in [7, 11) is 1.75. The van der Waals surface area contributed by atoms with Crippen molar-refractivity contribution in [1.29, 1.82) is 0 Å². The first kappa shape index (κ1) is 19.2. The Kier molecular flexibility index (Phi) is 5.98. The number of nitrogens with zero attached hydrogens (tertiary/aromatic N) is 4. The second-order valence-electron chi connectivity index (χ2n) is 6.71.